The van der Waals surface area contributed by atoms with Crippen LogP contribution in [0.4, 0.5) is 5.69 Å². The SMILES string of the molecule is Cc1c(C(=O)Nc2cccc(Cl)c2)oc2c1/C(=N/NC(=O)c1ccc(Cl)cc1)CCC2. The molecule has 0 atom stereocenters. The number of carbonyl (C=O) groups is 2. The zero-order valence-electron chi connectivity index (χ0n) is 16.7. The van der Waals surface area contributed by atoms with Gasteiger partial charge in [0, 0.05) is 38.8 Å². The van der Waals surface area contributed by atoms with Crippen LogP contribution in [0.5, 0.6) is 0 Å². The Bertz CT molecular complexity index is 1180. The van der Waals surface area contributed by atoms with Gasteiger partial charge in [-0.2, -0.15) is 5.10 Å². The van der Waals surface area contributed by atoms with Gasteiger partial charge in [-0.1, -0.05) is 29.3 Å². The summed E-state index contributed by atoms with van der Waals surface area (Å²) in [6.07, 6.45) is 2.18. The molecule has 0 bridgehead atoms. The number of hydrogen-bond donors (Lipinski definition) is 2. The number of fused-ring (bicyclic) bond motifs is 1. The van der Waals surface area contributed by atoms with Gasteiger partial charge in [-0.25, -0.2) is 5.43 Å². The number of halogens is 2. The molecule has 0 fully saturated rings. The summed E-state index contributed by atoms with van der Waals surface area (Å²) in [7, 11) is 0. The van der Waals surface area contributed by atoms with E-state index in [-0.39, 0.29) is 17.6 Å². The van der Waals surface area contributed by atoms with Crippen LogP contribution in [-0.2, 0) is 6.42 Å². The summed E-state index contributed by atoms with van der Waals surface area (Å²) < 4.78 is 5.88. The second-order valence-electron chi connectivity index (χ2n) is 7.18. The first kappa shape index (κ1) is 21.2. The van der Waals surface area contributed by atoms with E-state index in [0.29, 0.717) is 51.2 Å². The van der Waals surface area contributed by atoms with E-state index in [1.807, 2.05) is 6.92 Å². The van der Waals surface area contributed by atoms with E-state index in [4.69, 9.17) is 27.6 Å². The molecular weight excluding hydrogens is 437 g/mol. The van der Waals surface area contributed by atoms with Gasteiger partial charge in [-0.05, 0) is 62.2 Å². The minimum Gasteiger partial charge on any atom is -0.455 e. The fourth-order valence-corrected chi connectivity index (χ4v) is 3.85. The molecule has 158 valence electrons. The summed E-state index contributed by atoms with van der Waals surface area (Å²) in [5, 5.41) is 8.21. The summed E-state index contributed by atoms with van der Waals surface area (Å²) in [6.45, 7) is 1.82. The number of nitrogens with one attached hydrogen (secondary N) is 2. The largest absolute Gasteiger partial charge is 0.455 e. The van der Waals surface area contributed by atoms with Crippen LogP contribution < -0.4 is 10.7 Å². The second-order valence-corrected chi connectivity index (χ2v) is 8.05. The monoisotopic (exact) mass is 455 g/mol. The van der Waals surface area contributed by atoms with Crippen molar-refractivity contribution in [3.63, 3.8) is 0 Å². The Labute approximate surface area is 189 Å². The first-order valence-electron chi connectivity index (χ1n) is 9.74. The quantitative estimate of drug-likeness (QED) is 0.500. The standard InChI is InChI=1S/C23H19Cl2N3O3/c1-13-20-18(27-28-22(29)14-8-10-15(24)11-9-14)6-3-7-19(20)31-21(13)23(30)26-17-5-2-4-16(25)12-17/h2,4-5,8-12H,3,6-7H2,1H3,(H,26,30)(H,28,29)/b27-18+. The molecule has 4 rings (SSSR count). The molecule has 6 nitrogen and oxygen atoms in total. The van der Waals surface area contributed by atoms with Gasteiger partial charge in [-0.15, -0.1) is 0 Å². The van der Waals surface area contributed by atoms with Gasteiger partial charge in [0.25, 0.3) is 11.8 Å². The molecule has 31 heavy (non-hydrogen) atoms. The predicted molar refractivity (Wildman–Crippen MR) is 121 cm³/mol. The molecule has 0 unspecified atom stereocenters. The first-order valence-corrected chi connectivity index (χ1v) is 10.5. The fraction of sp³-hybridized carbons (Fsp3) is 0.174. The van der Waals surface area contributed by atoms with Crippen LogP contribution in [0.15, 0.2) is 58.0 Å². The van der Waals surface area contributed by atoms with E-state index < -0.39 is 0 Å². The van der Waals surface area contributed by atoms with Crippen LogP contribution in [0, 0.1) is 6.92 Å². The molecule has 2 amide bonds. The van der Waals surface area contributed by atoms with Gasteiger partial charge >= 0.3 is 0 Å². The zero-order valence-corrected chi connectivity index (χ0v) is 18.2. The van der Waals surface area contributed by atoms with Gasteiger partial charge in [0.2, 0.25) is 0 Å². The second kappa shape index (κ2) is 8.96. The summed E-state index contributed by atoms with van der Waals surface area (Å²) in [4.78, 5) is 25.2. The van der Waals surface area contributed by atoms with Gasteiger partial charge in [0.05, 0.1) is 5.71 Å². The maximum absolute atomic E-state index is 12.8. The van der Waals surface area contributed by atoms with E-state index in [1.165, 1.54) is 0 Å². The highest BCUT2D eigenvalue weighted by Gasteiger charge is 2.28. The van der Waals surface area contributed by atoms with Crippen LogP contribution in [0.1, 0.15) is 50.6 Å². The number of nitrogens with zero attached hydrogens (tertiary/aromatic N) is 1. The highest BCUT2D eigenvalue weighted by Crippen LogP contribution is 2.30. The van der Waals surface area contributed by atoms with Crippen molar-refractivity contribution in [1.29, 1.82) is 0 Å². The molecule has 0 saturated carbocycles. The van der Waals surface area contributed by atoms with Crippen molar-refractivity contribution in [3.05, 3.63) is 86.8 Å². The van der Waals surface area contributed by atoms with Crippen molar-refractivity contribution >= 4 is 46.4 Å². The summed E-state index contributed by atoms with van der Waals surface area (Å²) >= 11 is 11.9. The first-order chi connectivity index (χ1) is 14.9. The number of rotatable bonds is 4. The van der Waals surface area contributed by atoms with E-state index in [0.717, 1.165) is 12.0 Å². The molecule has 1 aliphatic carbocycles. The van der Waals surface area contributed by atoms with Gasteiger partial charge < -0.3 is 9.73 Å². The molecular formula is C23H19Cl2N3O3. The number of furan rings is 1. The molecule has 0 saturated heterocycles. The molecule has 0 spiro atoms. The van der Waals surface area contributed by atoms with Crippen molar-refractivity contribution in [2.45, 2.75) is 26.2 Å². The minimum absolute atomic E-state index is 0.226. The lowest BCUT2D eigenvalue weighted by molar-refractivity contribution is 0.0953. The Morgan fingerprint density at radius 1 is 1.00 bits per heavy atom. The van der Waals surface area contributed by atoms with Crippen molar-refractivity contribution in [3.8, 4) is 0 Å². The van der Waals surface area contributed by atoms with Gasteiger partial charge in [0.15, 0.2) is 5.76 Å². The molecule has 1 aromatic heterocycles. The van der Waals surface area contributed by atoms with Gasteiger partial charge in [0.1, 0.15) is 5.76 Å². The third-order valence-corrected chi connectivity index (χ3v) is 5.50. The number of aryl methyl sites for hydroxylation is 1. The fourth-order valence-electron chi connectivity index (χ4n) is 3.53. The Morgan fingerprint density at radius 3 is 2.52 bits per heavy atom. The number of hydrogen-bond acceptors (Lipinski definition) is 4. The predicted octanol–water partition coefficient (Wildman–Crippen LogP) is 5.62. The average molecular weight is 456 g/mol. The molecule has 1 aliphatic rings. The smallest absolute Gasteiger partial charge is 0.291 e. The number of carbonyl (C=O) groups excluding carboxylic acids is 2. The molecule has 0 aliphatic heterocycles. The van der Waals surface area contributed by atoms with E-state index in [1.54, 1.807) is 48.5 Å². The zero-order chi connectivity index (χ0) is 22.0. The average Bonchev–Trinajstić information content (AvgIpc) is 3.10. The Hall–Kier alpha value is -3.09. The highest BCUT2D eigenvalue weighted by atomic mass is 35.5. The van der Waals surface area contributed by atoms with Crippen molar-refractivity contribution in [2.75, 3.05) is 5.32 Å². The van der Waals surface area contributed by atoms with Crippen molar-refractivity contribution in [2.24, 2.45) is 5.10 Å². The van der Waals surface area contributed by atoms with E-state index in [9.17, 15) is 9.59 Å². The van der Waals surface area contributed by atoms with Crippen LogP contribution in [0.25, 0.3) is 0 Å². The number of benzene rings is 2. The molecule has 1 heterocycles. The molecule has 8 heteroatoms. The van der Waals surface area contributed by atoms with Crippen LogP contribution in [-0.4, -0.2) is 17.5 Å². The lowest BCUT2D eigenvalue weighted by Crippen LogP contribution is -2.22. The van der Waals surface area contributed by atoms with E-state index >= 15 is 0 Å². The van der Waals surface area contributed by atoms with Crippen LogP contribution in [0.3, 0.4) is 0 Å². The summed E-state index contributed by atoms with van der Waals surface area (Å²) in [6, 6.07) is 13.5. The Balaban J connectivity index is 1.56. The Morgan fingerprint density at radius 2 is 1.77 bits per heavy atom. The maximum Gasteiger partial charge on any atom is 0.291 e. The maximum atomic E-state index is 12.8. The van der Waals surface area contributed by atoms with Gasteiger partial charge in [-0.3, -0.25) is 9.59 Å². The number of hydrazone groups is 1. The lowest BCUT2D eigenvalue weighted by atomic mass is 9.93. The van der Waals surface area contributed by atoms with Crippen LogP contribution in [0.2, 0.25) is 10.0 Å². The molecule has 0 radical (unpaired) electrons. The van der Waals surface area contributed by atoms with Crippen molar-refractivity contribution in [1.82, 2.24) is 5.43 Å². The minimum atomic E-state index is -0.362. The third-order valence-electron chi connectivity index (χ3n) is 5.01. The lowest BCUT2D eigenvalue weighted by Gasteiger charge is -2.13. The topological polar surface area (TPSA) is 83.7 Å². The normalized spacial score (nSPS) is 14.2. The van der Waals surface area contributed by atoms with E-state index in [2.05, 4.69) is 15.8 Å². The van der Waals surface area contributed by atoms with Crippen LogP contribution >= 0.6 is 23.2 Å². The molecule has 2 N–H and O–H groups in total. The summed E-state index contributed by atoms with van der Waals surface area (Å²) in [5.41, 5.74) is 5.77. The summed E-state index contributed by atoms with van der Waals surface area (Å²) in [5.74, 6) is 0.221. The molecule has 2 aromatic carbocycles. The Kier molecular flexibility index (Phi) is 6.11. The number of anilines is 1. The number of amides is 2. The highest BCUT2D eigenvalue weighted by molar-refractivity contribution is 6.31. The third kappa shape index (κ3) is 4.65. The molecule has 3 aromatic rings. The van der Waals surface area contributed by atoms with Crippen molar-refractivity contribution < 1.29 is 14.0 Å².